The molecule has 2 aromatic rings. The van der Waals surface area contributed by atoms with Crippen molar-refractivity contribution in [3.63, 3.8) is 0 Å². The van der Waals surface area contributed by atoms with E-state index in [9.17, 15) is 20.4 Å². The Balaban J connectivity index is 2.37. The van der Waals surface area contributed by atoms with E-state index in [1.807, 2.05) is 0 Å². The molecule has 0 atom stereocenters. The average molecular weight is 207 g/mol. The second kappa shape index (κ2) is 3.20. The largest absolute Gasteiger partial charge is 0.495 e. The lowest BCUT2D eigenvalue weighted by atomic mass is 10.1. The third-order valence-electron chi connectivity index (χ3n) is 1.98. The van der Waals surface area contributed by atoms with Gasteiger partial charge in [-0.3, -0.25) is 0 Å². The maximum atomic E-state index is 9.31. The molecule has 77 valence electrons. The molecule has 2 rings (SSSR count). The summed E-state index contributed by atoms with van der Waals surface area (Å²) in [5.74, 6) is -0.833. The van der Waals surface area contributed by atoms with E-state index in [4.69, 9.17) is 0 Å². The molecule has 0 saturated heterocycles. The number of rotatable bonds is 2. The highest BCUT2D eigenvalue weighted by molar-refractivity contribution is 6.33. The molecule has 0 amide bonds. The van der Waals surface area contributed by atoms with Gasteiger partial charge in [-0.2, -0.15) is 0 Å². The number of aromatic hydroxyl groups is 4. The van der Waals surface area contributed by atoms with Crippen LogP contribution >= 0.6 is 0 Å². The van der Waals surface area contributed by atoms with Gasteiger partial charge in [0.05, 0.1) is 0 Å². The van der Waals surface area contributed by atoms with Crippen LogP contribution < -0.4 is 0 Å². The van der Waals surface area contributed by atoms with Crippen molar-refractivity contribution in [3.8, 4) is 23.5 Å². The zero-order chi connectivity index (χ0) is 11.0. The van der Waals surface area contributed by atoms with Gasteiger partial charge < -0.3 is 29.4 Å². The Bertz CT molecular complexity index is 408. The first-order valence-corrected chi connectivity index (χ1v) is 4.13. The molecule has 15 heavy (non-hydrogen) atoms. The Kier molecular flexibility index (Phi) is 2.00. The van der Waals surface area contributed by atoms with Crippen LogP contribution in [0.25, 0.3) is 0 Å². The van der Waals surface area contributed by atoms with Gasteiger partial charge in [-0.25, -0.2) is 0 Å². The Morgan fingerprint density at radius 2 is 0.933 bits per heavy atom. The molecular weight excluding hydrogens is 199 g/mol. The minimum atomic E-state index is -0.208. The van der Waals surface area contributed by atoms with Crippen molar-refractivity contribution in [1.82, 2.24) is 8.96 Å². The second-order valence-electron chi connectivity index (χ2n) is 2.95. The van der Waals surface area contributed by atoms with Crippen LogP contribution in [0.2, 0.25) is 0 Å². The van der Waals surface area contributed by atoms with Crippen LogP contribution in [0.5, 0.6) is 23.5 Å². The van der Waals surface area contributed by atoms with Crippen LogP contribution in [0, 0.1) is 0 Å². The molecule has 0 saturated carbocycles. The SMILES string of the molecule is Oc1ccc(O)n1[B]n1c(O)ccc1O. The van der Waals surface area contributed by atoms with E-state index in [2.05, 4.69) is 0 Å². The van der Waals surface area contributed by atoms with Crippen molar-refractivity contribution in [3.05, 3.63) is 24.3 Å². The maximum Gasteiger partial charge on any atom is 0.411 e. The van der Waals surface area contributed by atoms with Crippen molar-refractivity contribution in [2.45, 2.75) is 0 Å². The molecular formula is C8H8BN2O4. The first-order chi connectivity index (χ1) is 7.09. The minimum Gasteiger partial charge on any atom is -0.495 e. The molecule has 0 spiro atoms. The lowest BCUT2D eigenvalue weighted by Gasteiger charge is -2.07. The lowest BCUT2D eigenvalue weighted by Crippen LogP contribution is -2.14. The third kappa shape index (κ3) is 1.47. The highest BCUT2D eigenvalue weighted by atomic mass is 16.3. The van der Waals surface area contributed by atoms with Gasteiger partial charge in [0.1, 0.15) is 0 Å². The molecule has 0 aliphatic carbocycles. The van der Waals surface area contributed by atoms with Crippen LogP contribution in [-0.2, 0) is 0 Å². The molecule has 0 fully saturated rings. The van der Waals surface area contributed by atoms with E-state index in [1.165, 1.54) is 24.3 Å². The number of hydrogen-bond acceptors (Lipinski definition) is 4. The van der Waals surface area contributed by atoms with Crippen molar-refractivity contribution in [2.75, 3.05) is 0 Å². The molecule has 0 bridgehead atoms. The van der Waals surface area contributed by atoms with E-state index < -0.39 is 0 Å². The summed E-state index contributed by atoms with van der Waals surface area (Å²) < 4.78 is 2.00. The molecule has 4 N–H and O–H groups in total. The number of aromatic nitrogens is 2. The third-order valence-corrected chi connectivity index (χ3v) is 1.98. The molecule has 0 aromatic carbocycles. The summed E-state index contributed by atoms with van der Waals surface area (Å²) >= 11 is 0. The van der Waals surface area contributed by atoms with Crippen molar-refractivity contribution in [2.24, 2.45) is 0 Å². The molecule has 0 aliphatic heterocycles. The molecule has 0 aliphatic rings. The molecule has 2 aromatic heterocycles. The monoisotopic (exact) mass is 207 g/mol. The van der Waals surface area contributed by atoms with Crippen molar-refractivity contribution < 1.29 is 20.4 Å². The van der Waals surface area contributed by atoms with E-state index in [0.29, 0.717) is 0 Å². The first kappa shape index (κ1) is 9.38. The Hall–Kier alpha value is -2.18. The van der Waals surface area contributed by atoms with E-state index in [0.717, 1.165) is 16.5 Å². The first-order valence-electron chi connectivity index (χ1n) is 4.13. The minimum absolute atomic E-state index is 0.208. The molecule has 2 heterocycles. The van der Waals surface area contributed by atoms with Gasteiger partial charge >= 0.3 is 7.55 Å². The predicted octanol–water partition coefficient (Wildman–Crippen LogP) is 0.0426. The Labute approximate surface area is 85.5 Å². The summed E-state index contributed by atoms with van der Waals surface area (Å²) in [5.41, 5.74) is 0. The van der Waals surface area contributed by atoms with Gasteiger partial charge in [0.25, 0.3) is 0 Å². The fraction of sp³-hybridized carbons (Fsp3) is 0. The summed E-state index contributed by atoms with van der Waals surface area (Å²) in [4.78, 5) is 0. The average Bonchev–Trinajstić information content (AvgIpc) is 2.67. The fourth-order valence-corrected chi connectivity index (χ4v) is 1.21. The normalized spacial score (nSPS) is 10.4. The summed E-state index contributed by atoms with van der Waals surface area (Å²) in [6.07, 6.45) is 0. The molecule has 6 nitrogen and oxygen atoms in total. The van der Waals surface area contributed by atoms with Gasteiger partial charge in [0.2, 0.25) is 0 Å². The topological polar surface area (TPSA) is 90.8 Å². The van der Waals surface area contributed by atoms with Crippen LogP contribution in [0.15, 0.2) is 24.3 Å². The van der Waals surface area contributed by atoms with Gasteiger partial charge in [-0.15, -0.1) is 0 Å². The predicted molar refractivity (Wildman–Crippen MR) is 52.1 cm³/mol. The lowest BCUT2D eigenvalue weighted by molar-refractivity contribution is 0.400. The van der Waals surface area contributed by atoms with Gasteiger partial charge in [-0.1, -0.05) is 0 Å². The summed E-state index contributed by atoms with van der Waals surface area (Å²) in [6, 6.07) is 5.12. The van der Waals surface area contributed by atoms with Crippen molar-refractivity contribution >= 4 is 7.55 Å². The van der Waals surface area contributed by atoms with Crippen molar-refractivity contribution in [1.29, 1.82) is 0 Å². The van der Waals surface area contributed by atoms with E-state index >= 15 is 0 Å². The molecule has 7 heteroatoms. The molecule has 1 radical (unpaired) electrons. The Morgan fingerprint density at radius 3 is 1.20 bits per heavy atom. The highest BCUT2D eigenvalue weighted by Gasteiger charge is 2.13. The maximum absolute atomic E-state index is 9.31. The van der Waals surface area contributed by atoms with E-state index in [1.54, 1.807) is 0 Å². The highest BCUT2D eigenvalue weighted by Crippen LogP contribution is 2.23. The van der Waals surface area contributed by atoms with E-state index in [-0.39, 0.29) is 23.5 Å². The summed E-state index contributed by atoms with van der Waals surface area (Å²) in [5, 5.41) is 37.2. The molecule has 0 unspecified atom stereocenters. The van der Waals surface area contributed by atoms with Gasteiger partial charge in [-0.05, 0) is 0 Å². The van der Waals surface area contributed by atoms with Crippen LogP contribution in [0.4, 0.5) is 0 Å². The summed E-state index contributed by atoms with van der Waals surface area (Å²) in [7, 11) is 1.15. The summed E-state index contributed by atoms with van der Waals surface area (Å²) in [6.45, 7) is 0. The second-order valence-corrected chi connectivity index (χ2v) is 2.95. The smallest absolute Gasteiger partial charge is 0.411 e. The number of nitrogens with zero attached hydrogens (tertiary/aromatic N) is 2. The number of hydrogen-bond donors (Lipinski definition) is 4. The quantitative estimate of drug-likeness (QED) is 0.523. The zero-order valence-corrected chi connectivity index (χ0v) is 7.57. The van der Waals surface area contributed by atoms with Crippen LogP contribution in [0.3, 0.4) is 0 Å². The van der Waals surface area contributed by atoms with Gasteiger partial charge in [0, 0.05) is 24.3 Å². The Morgan fingerprint density at radius 1 is 0.667 bits per heavy atom. The van der Waals surface area contributed by atoms with Crippen LogP contribution in [0.1, 0.15) is 0 Å². The fourth-order valence-electron chi connectivity index (χ4n) is 1.21. The standard InChI is InChI=1S/C8H8BN2O4/c12-5-1-2-6(13)10(5)9-11-7(14)3-4-8(11)15/h1-4,12-15H. The van der Waals surface area contributed by atoms with Gasteiger partial charge in [0.15, 0.2) is 23.5 Å². The van der Waals surface area contributed by atoms with Crippen LogP contribution in [-0.4, -0.2) is 36.9 Å². The zero-order valence-electron chi connectivity index (χ0n) is 7.57.